The highest BCUT2D eigenvalue weighted by atomic mass is 32.2. The van der Waals surface area contributed by atoms with E-state index in [-0.39, 0.29) is 27.8 Å². The second kappa shape index (κ2) is 11.5. The predicted molar refractivity (Wildman–Crippen MR) is 113 cm³/mol. The number of nitrogens with one attached hydrogen (secondary N) is 2. The number of rotatable bonds is 9. The Kier molecular flexibility index (Phi) is 9.06. The molecule has 32 heavy (non-hydrogen) atoms. The van der Waals surface area contributed by atoms with Crippen LogP contribution in [0.25, 0.3) is 0 Å². The summed E-state index contributed by atoms with van der Waals surface area (Å²) in [7, 11) is 0. The molecule has 0 aliphatic carbocycles. The zero-order valence-corrected chi connectivity index (χ0v) is 18.5. The molecule has 2 rings (SSSR count). The Morgan fingerprint density at radius 3 is 1.72 bits per heavy atom. The van der Waals surface area contributed by atoms with Crippen molar-refractivity contribution in [2.75, 3.05) is 19.8 Å². The van der Waals surface area contributed by atoms with Crippen LogP contribution in [0.1, 0.15) is 41.5 Å². The molecule has 0 atom stereocenters. The number of amides is 2. The van der Waals surface area contributed by atoms with Crippen LogP contribution in [0.4, 0.5) is 13.2 Å². The van der Waals surface area contributed by atoms with Gasteiger partial charge in [-0.25, -0.2) is 0 Å². The zero-order valence-electron chi connectivity index (χ0n) is 17.7. The van der Waals surface area contributed by atoms with E-state index >= 15 is 0 Å². The number of alkyl halides is 3. The second-order valence-corrected chi connectivity index (χ2v) is 7.22. The molecule has 11 heteroatoms. The molecule has 7 nitrogen and oxygen atoms in total. The Morgan fingerprint density at radius 1 is 0.812 bits per heavy atom. The molecule has 0 aliphatic rings. The third-order valence-corrected chi connectivity index (χ3v) is 4.55. The number of benzene rings is 2. The van der Waals surface area contributed by atoms with Gasteiger partial charge in [-0.1, -0.05) is 0 Å². The van der Waals surface area contributed by atoms with Gasteiger partial charge in [-0.2, -0.15) is 13.2 Å². The van der Waals surface area contributed by atoms with Gasteiger partial charge in [0.15, 0.2) is 11.5 Å². The zero-order chi connectivity index (χ0) is 23.7. The summed E-state index contributed by atoms with van der Waals surface area (Å²) >= 11 is -0.284. The Labute approximate surface area is 187 Å². The highest BCUT2D eigenvalue weighted by Gasteiger charge is 2.29. The molecular formula is C21H23F3N2O5S. The molecule has 2 amide bonds. The Bertz CT molecular complexity index is 909. The van der Waals surface area contributed by atoms with E-state index in [4.69, 9.17) is 14.2 Å². The van der Waals surface area contributed by atoms with Crippen molar-refractivity contribution in [3.05, 3.63) is 47.5 Å². The first-order chi connectivity index (χ1) is 15.2. The molecule has 0 saturated heterocycles. The van der Waals surface area contributed by atoms with Crippen molar-refractivity contribution in [2.24, 2.45) is 0 Å². The van der Waals surface area contributed by atoms with E-state index in [1.807, 2.05) is 0 Å². The van der Waals surface area contributed by atoms with E-state index in [1.54, 1.807) is 20.8 Å². The first-order valence-corrected chi connectivity index (χ1v) is 10.5. The monoisotopic (exact) mass is 472 g/mol. The average molecular weight is 472 g/mol. The van der Waals surface area contributed by atoms with Crippen LogP contribution in [0.15, 0.2) is 41.3 Å². The maximum absolute atomic E-state index is 12.6. The van der Waals surface area contributed by atoms with Crippen molar-refractivity contribution >= 4 is 23.6 Å². The topological polar surface area (TPSA) is 85.9 Å². The summed E-state index contributed by atoms with van der Waals surface area (Å²) in [6.45, 7) is 6.38. The minimum Gasteiger partial charge on any atom is -0.490 e. The maximum Gasteiger partial charge on any atom is 0.446 e. The number of halogens is 3. The normalized spacial score (nSPS) is 10.9. The van der Waals surface area contributed by atoms with Crippen LogP contribution in [0.5, 0.6) is 17.2 Å². The number of carbonyl (C=O) groups is 2. The van der Waals surface area contributed by atoms with Gasteiger partial charge in [0.2, 0.25) is 5.75 Å². The van der Waals surface area contributed by atoms with Gasteiger partial charge < -0.3 is 14.2 Å². The number of hydrazine groups is 1. The Morgan fingerprint density at radius 2 is 1.28 bits per heavy atom. The smallest absolute Gasteiger partial charge is 0.446 e. The van der Waals surface area contributed by atoms with Crippen LogP contribution in [-0.2, 0) is 0 Å². The van der Waals surface area contributed by atoms with Crippen LogP contribution in [0, 0.1) is 0 Å². The molecule has 174 valence electrons. The summed E-state index contributed by atoms with van der Waals surface area (Å²) in [4.78, 5) is 24.7. The molecule has 0 fully saturated rings. The third kappa shape index (κ3) is 7.26. The van der Waals surface area contributed by atoms with Crippen molar-refractivity contribution in [1.82, 2.24) is 10.9 Å². The molecule has 0 aromatic heterocycles. The van der Waals surface area contributed by atoms with E-state index in [0.29, 0.717) is 37.1 Å². The molecule has 2 N–H and O–H groups in total. The van der Waals surface area contributed by atoms with Crippen molar-refractivity contribution in [1.29, 1.82) is 0 Å². The first-order valence-electron chi connectivity index (χ1n) is 9.71. The van der Waals surface area contributed by atoms with Crippen molar-refractivity contribution in [3.63, 3.8) is 0 Å². The Balaban J connectivity index is 2.12. The van der Waals surface area contributed by atoms with Crippen LogP contribution in [0.2, 0.25) is 0 Å². The lowest BCUT2D eigenvalue weighted by Gasteiger charge is -2.17. The van der Waals surface area contributed by atoms with Gasteiger partial charge in [0.25, 0.3) is 11.8 Å². The molecule has 2 aromatic carbocycles. The minimum absolute atomic E-state index is 0.0561. The van der Waals surface area contributed by atoms with E-state index in [1.165, 1.54) is 36.4 Å². The highest BCUT2D eigenvalue weighted by molar-refractivity contribution is 8.00. The molecule has 2 aromatic rings. The molecule has 0 bridgehead atoms. The summed E-state index contributed by atoms with van der Waals surface area (Å²) in [6.07, 6.45) is 0. The fourth-order valence-electron chi connectivity index (χ4n) is 2.59. The van der Waals surface area contributed by atoms with Crippen LogP contribution >= 0.6 is 11.8 Å². The van der Waals surface area contributed by atoms with Gasteiger partial charge in [-0.05, 0) is 68.9 Å². The molecule has 0 unspecified atom stereocenters. The fourth-order valence-corrected chi connectivity index (χ4v) is 3.13. The van der Waals surface area contributed by atoms with Gasteiger partial charge in [0.1, 0.15) is 0 Å². The molecule has 0 spiro atoms. The lowest BCUT2D eigenvalue weighted by Crippen LogP contribution is -2.41. The highest BCUT2D eigenvalue weighted by Crippen LogP contribution is 2.39. The Hall–Kier alpha value is -3.08. The molecule has 0 aliphatic heterocycles. The average Bonchev–Trinajstić information content (AvgIpc) is 2.73. The first kappa shape index (κ1) is 25.2. The minimum atomic E-state index is -4.42. The van der Waals surface area contributed by atoms with E-state index in [2.05, 4.69) is 10.9 Å². The number of ether oxygens (including phenoxy) is 3. The summed E-state index contributed by atoms with van der Waals surface area (Å²) in [6, 6.07) is 7.72. The van der Waals surface area contributed by atoms with Gasteiger partial charge in [-0.3, -0.25) is 20.4 Å². The fraction of sp³-hybridized carbons (Fsp3) is 0.333. The largest absolute Gasteiger partial charge is 0.490 e. The maximum atomic E-state index is 12.6. The van der Waals surface area contributed by atoms with E-state index in [9.17, 15) is 22.8 Å². The lowest BCUT2D eigenvalue weighted by atomic mass is 10.1. The SMILES string of the molecule is CCOc1cc(C(=O)NNC(=O)c2ccc(SC(F)(F)F)cc2)cc(OCC)c1OCC. The number of carbonyl (C=O) groups excluding carboxylic acids is 2. The summed E-state index contributed by atoms with van der Waals surface area (Å²) < 4.78 is 53.9. The standard InChI is InChI=1S/C21H23F3N2O5S/c1-4-29-16-11-14(12-17(30-5-2)18(16)31-6-3)20(28)26-25-19(27)13-7-9-15(10-8-13)32-21(22,23)24/h7-12H,4-6H2,1-3H3,(H,25,27)(H,26,28). The summed E-state index contributed by atoms with van der Waals surface area (Å²) in [5.41, 5.74) is 0.299. The molecule has 0 radical (unpaired) electrons. The lowest BCUT2D eigenvalue weighted by molar-refractivity contribution is -0.0328. The van der Waals surface area contributed by atoms with Gasteiger partial charge in [0, 0.05) is 16.0 Å². The van der Waals surface area contributed by atoms with E-state index in [0.717, 1.165) is 0 Å². The molecule has 0 heterocycles. The quantitative estimate of drug-likeness (QED) is 0.411. The number of hydrogen-bond donors (Lipinski definition) is 2. The van der Waals surface area contributed by atoms with Crippen molar-refractivity contribution < 1.29 is 37.0 Å². The molecular weight excluding hydrogens is 449 g/mol. The van der Waals surface area contributed by atoms with Crippen molar-refractivity contribution in [3.8, 4) is 17.2 Å². The summed E-state index contributed by atoms with van der Waals surface area (Å²) in [5.74, 6) is -0.340. The van der Waals surface area contributed by atoms with Gasteiger partial charge >= 0.3 is 5.51 Å². The van der Waals surface area contributed by atoms with Crippen LogP contribution in [0.3, 0.4) is 0 Å². The van der Waals surface area contributed by atoms with Crippen LogP contribution < -0.4 is 25.1 Å². The molecule has 0 saturated carbocycles. The number of thioether (sulfide) groups is 1. The van der Waals surface area contributed by atoms with Crippen molar-refractivity contribution in [2.45, 2.75) is 31.2 Å². The third-order valence-electron chi connectivity index (χ3n) is 3.81. The predicted octanol–water partition coefficient (Wildman–Crippen LogP) is 4.57. The van der Waals surface area contributed by atoms with E-state index < -0.39 is 17.3 Å². The summed E-state index contributed by atoms with van der Waals surface area (Å²) in [5, 5.41) is 0. The number of hydrogen-bond acceptors (Lipinski definition) is 6. The van der Waals surface area contributed by atoms with Gasteiger partial charge in [-0.15, -0.1) is 0 Å². The van der Waals surface area contributed by atoms with Crippen LogP contribution in [-0.4, -0.2) is 37.1 Å². The van der Waals surface area contributed by atoms with Gasteiger partial charge in [0.05, 0.1) is 19.8 Å². The second-order valence-electron chi connectivity index (χ2n) is 6.08.